The van der Waals surface area contributed by atoms with Gasteiger partial charge in [0.25, 0.3) is 0 Å². The number of rotatable bonds is 14. The van der Waals surface area contributed by atoms with Crippen molar-refractivity contribution >= 4 is 14.8 Å². The fourth-order valence-electron chi connectivity index (χ4n) is 3.08. The molecule has 0 spiro atoms. The van der Waals surface area contributed by atoms with Gasteiger partial charge in [0.1, 0.15) is 0 Å². The summed E-state index contributed by atoms with van der Waals surface area (Å²) in [7, 11) is -2.53. The van der Waals surface area contributed by atoms with Crippen LogP contribution in [-0.4, -0.2) is 83.8 Å². The molecule has 0 aromatic rings. The summed E-state index contributed by atoms with van der Waals surface area (Å²) < 4.78 is 22.7. The zero-order chi connectivity index (χ0) is 18.5. The molecule has 0 bridgehead atoms. The molecule has 1 saturated heterocycles. The summed E-state index contributed by atoms with van der Waals surface area (Å²) in [6.45, 7) is 14.8. The SMILES string of the molecule is CCOC(=O)CCN1CCN(CCC[Si](OCC)(OCC)OCC)C1. The smallest absolute Gasteiger partial charge is 0.466 e. The molecule has 0 aliphatic carbocycles. The van der Waals surface area contributed by atoms with Crippen LogP contribution in [0.5, 0.6) is 0 Å². The molecule has 0 radical (unpaired) electrons. The number of nitrogens with zero attached hydrogens (tertiary/aromatic N) is 2. The molecule has 1 aliphatic rings. The predicted molar refractivity (Wildman–Crippen MR) is 99.3 cm³/mol. The first kappa shape index (κ1) is 22.5. The highest BCUT2D eigenvalue weighted by atomic mass is 28.4. The number of hydrogen-bond acceptors (Lipinski definition) is 7. The van der Waals surface area contributed by atoms with Crippen LogP contribution in [0.4, 0.5) is 0 Å². The number of hydrogen-bond donors (Lipinski definition) is 0. The molecule has 8 heteroatoms. The molecule has 0 aromatic heterocycles. The zero-order valence-electron chi connectivity index (χ0n) is 16.4. The molecular weight excluding hydrogens is 340 g/mol. The van der Waals surface area contributed by atoms with Crippen molar-refractivity contribution in [1.82, 2.24) is 9.80 Å². The Hall–Kier alpha value is -0.513. The topological polar surface area (TPSA) is 60.5 Å². The van der Waals surface area contributed by atoms with Gasteiger partial charge in [0.2, 0.25) is 0 Å². The summed E-state index contributed by atoms with van der Waals surface area (Å²) in [4.78, 5) is 16.2. The van der Waals surface area contributed by atoms with Gasteiger partial charge >= 0.3 is 14.8 Å². The van der Waals surface area contributed by atoms with E-state index in [4.69, 9.17) is 18.0 Å². The average molecular weight is 377 g/mol. The molecule has 1 heterocycles. The molecular formula is C17H36N2O5Si. The van der Waals surface area contributed by atoms with Gasteiger partial charge < -0.3 is 18.0 Å². The molecule has 1 rings (SSSR count). The highest BCUT2D eigenvalue weighted by Gasteiger charge is 2.39. The van der Waals surface area contributed by atoms with Gasteiger partial charge in [-0.25, -0.2) is 0 Å². The minimum absolute atomic E-state index is 0.109. The standard InChI is InChI=1S/C17H36N2O5Si/c1-5-21-17(20)10-12-19-14-13-18(16-19)11-9-15-25(22-6-2,23-7-3)24-8-4/h5-16H2,1-4H3. The third kappa shape index (κ3) is 8.61. The van der Waals surface area contributed by atoms with Crippen LogP contribution in [0.25, 0.3) is 0 Å². The van der Waals surface area contributed by atoms with Crippen molar-refractivity contribution < 1.29 is 22.8 Å². The van der Waals surface area contributed by atoms with Crippen molar-refractivity contribution in [3.8, 4) is 0 Å². The molecule has 1 aliphatic heterocycles. The van der Waals surface area contributed by atoms with Crippen LogP contribution in [0.3, 0.4) is 0 Å². The fourth-order valence-corrected chi connectivity index (χ4v) is 5.67. The number of carbonyl (C=O) groups excluding carboxylic acids is 1. The van der Waals surface area contributed by atoms with Crippen molar-refractivity contribution in [2.24, 2.45) is 0 Å². The number of carbonyl (C=O) groups is 1. The highest BCUT2D eigenvalue weighted by Crippen LogP contribution is 2.19. The zero-order valence-corrected chi connectivity index (χ0v) is 17.4. The molecule has 0 unspecified atom stereocenters. The summed E-state index contributed by atoms with van der Waals surface area (Å²) in [5.74, 6) is -0.109. The second kappa shape index (κ2) is 12.8. The third-order valence-corrected chi connectivity index (χ3v) is 7.27. The number of ether oxygens (including phenoxy) is 1. The second-order valence-corrected chi connectivity index (χ2v) is 8.75. The van der Waals surface area contributed by atoms with Crippen LogP contribution in [0.1, 0.15) is 40.5 Å². The Labute approximate surface area is 153 Å². The molecule has 7 nitrogen and oxygen atoms in total. The Morgan fingerprint density at radius 3 is 1.96 bits per heavy atom. The lowest BCUT2D eigenvalue weighted by Crippen LogP contribution is -2.46. The van der Waals surface area contributed by atoms with Gasteiger partial charge in [-0.1, -0.05) is 0 Å². The van der Waals surface area contributed by atoms with E-state index in [9.17, 15) is 4.79 Å². The highest BCUT2D eigenvalue weighted by molar-refractivity contribution is 6.60. The Morgan fingerprint density at radius 1 is 0.880 bits per heavy atom. The van der Waals surface area contributed by atoms with Crippen molar-refractivity contribution in [3.63, 3.8) is 0 Å². The lowest BCUT2D eigenvalue weighted by molar-refractivity contribution is -0.143. The Morgan fingerprint density at radius 2 is 1.44 bits per heavy atom. The monoisotopic (exact) mass is 376 g/mol. The minimum Gasteiger partial charge on any atom is -0.466 e. The van der Waals surface area contributed by atoms with E-state index in [0.717, 1.165) is 45.3 Å². The normalized spacial score (nSPS) is 16.5. The van der Waals surface area contributed by atoms with Gasteiger partial charge in [-0.2, -0.15) is 0 Å². The lowest BCUT2D eigenvalue weighted by atomic mass is 10.4. The maximum Gasteiger partial charge on any atom is 0.500 e. The van der Waals surface area contributed by atoms with Crippen molar-refractivity contribution in [2.75, 3.05) is 59.3 Å². The summed E-state index contributed by atoms with van der Waals surface area (Å²) in [6.07, 6.45) is 1.47. The molecule has 148 valence electrons. The molecule has 0 aromatic carbocycles. The summed E-state index contributed by atoms with van der Waals surface area (Å²) in [6, 6.07) is 0.849. The van der Waals surface area contributed by atoms with Crippen molar-refractivity contribution in [1.29, 1.82) is 0 Å². The third-order valence-electron chi connectivity index (χ3n) is 4.12. The fraction of sp³-hybridized carbons (Fsp3) is 0.941. The molecule has 0 saturated carbocycles. The minimum atomic E-state index is -2.53. The van der Waals surface area contributed by atoms with Crippen LogP contribution in [-0.2, 0) is 22.8 Å². The summed E-state index contributed by atoms with van der Waals surface area (Å²) >= 11 is 0. The Bertz CT molecular complexity index is 356. The Kier molecular flexibility index (Phi) is 11.5. The van der Waals surface area contributed by atoms with Gasteiger partial charge in [0.15, 0.2) is 0 Å². The van der Waals surface area contributed by atoms with Gasteiger partial charge in [0, 0.05) is 45.5 Å². The molecule has 1 fully saturated rings. The van der Waals surface area contributed by atoms with Crippen LogP contribution in [0.2, 0.25) is 6.04 Å². The quantitative estimate of drug-likeness (QED) is 0.339. The van der Waals surface area contributed by atoms with E-state index >= 15 is 0 Å². The van der Waals surface area contributed by atoms with Gasteiger partial charge in [-0.15, -0.1) is 0 Å². The van der Waals surface area contributed by atoms with Gasteiger partial charge in [-0.3, -0.25) is 14.6 Å². The molecule has 25 heavy (non-hydrogen) atoms. The second-order valence-electron chi connectivity index (χ2n) is 6.02. The van der Waals surface area contributed by atoms with Crippen molar-refractivity contribution in [3.05, 3.63) is 0 Å². The first-order chi connectivity index (χ1) is 12.1. The first-order valence-electron chi connectivity index (χ1n) is 9.61. The predicted octanol–water partition coefficient (Wildman–Crippen LogP) is 1.95. The summed E-state index contributed by atoms with van der Waals surface area (Å²) in [5, 5.41) is 0. The molecule has 0 N–H and O–H groups in total. The van der Waals surface area contributed by atoms with Gasteiger partial charge in [0.05, 0.1) is 19.7 Å². The first-order valence-corrected chi connectivity index (χ1v) is 11.5. The summed E-state index contributed by atoms with van der Waals surface area (Å²) in [5.41, 5.74) is 0. The van der Waals surface area contributed by atoms with Gasteiger partial charge in [-0.05, 0) is 40.7 Å². The van der Waals surface area contributed by atoms with Crippen LogP contribution >= 0.6 is 0 Å². The molecule has 0 atom stereocenters. The van der Waals surface area contributed by atoms with Crippen molar-refractivity contribution in [2.45, 2.75) is 46.6 Å². The van der Waals surface area contributed by atoms with E-state index in [-0.39, 0.29) is 5.97 Å². The van der Waals surface area contributed by atoms with E-state index in [1.54, 1.807) is 0 Å². The average Bonchev–Trinajstić information content (AvgIpc) is 3.02. The van der Waals surface area contributed by atoms with E-state index in [2.05, 4.69) is 9.80 Å². The largest absolute Gasteiger partial charge is 0.500 e. The van der Waals surface area contributed by atoms with E-state index in [0.29, 0.717) is 32.8 Å². The van der Waals surface area contributed by atoms with E-state index < -0.39 is 8.80 Å². The van der Waals surface area contributed by atoms with Crippen LogP contribution in [0.15, 0.2) is 0 Å². The maximum atomic E-state index is 11.4. The van der Waals surface area contributed by atoms with E-state index in [1.165, 1.54) is 0 Å². The van der Waals surface area contributed by atoms with Crippen LogP contribution in [0, 0.1) is 0 Å². The number of esters is 1. The van der Waals surface area contributed by atoms with Crippen LogP contribution < -0.4 is 0 Å². The van der Waals surface area contributed by atoms with E-state index in [1.807, 2.05) is 27.7 Å². The Balaban J connectivity index is 2.31. The lowest BCUT2D eigenvalue weighted by Gasteiger charge is -2.29. The molecule has 0 amide bonds. The maximum absolute atomic E-state index is 11.4.